The molecule has 9 nitrogen and oxygen atoms in total. The van der Waals surface area contributed by atoms with Gasteiger partial charge in [0.15, 0.2) is 23.3 Å². The summed E-state index contributed by atoms with van der Waals surface area (Å²) in [4.78, 5) is 26.1. The molecule has 1 atom stereocenters. The van der Waals surface area contributed by atoms with Crippen molar-refractivity contribution in [1.82, 2.24) is 9.97 Å². The number of benzene rings is 1. The SMILES string of the molecule is CCOC(=O)C1=C(C)Nc2nc(N3CCOCC3)nc(N3CCOCC3)c2C1c1c(F)c(F)c(F)c(F)c1F. The van der Waals surface area contributed by atoms with Crippen LogP contribution in [-0.4, -0.2) is 75.2 Å². The highest BCUT2D eigenvalue weighted by molar-refractivity contribution is 5.95. The van der Waals surface area contributed by atoms with Crippen molar-refractivity contribution in [3.05, 3.63) is 51.5 Å². The molecule has 2 saturated heterocycles. The number of nitrogens with zero attached hydrogens (tertiary/aromatic N) is 4. The molecule has 1 aromatic heterocycles. The third-order valence-corrected chi connectivity index (χ3v) is 6.83. The summed E-state index contributed by atoms with van der Waals surface area (Å²) in [5.41, 5.74) is -1.42. The average molecular weight is 556 g/mol. The molecule has 0 spiro atoms. The Bertz CT molecular complexity index is 1300. The van der Waals surface area contributed by atoms with Crippen LogP contribution in [0, 0.1) is 29.1 Å². The number of anilines is 3. The van der Waals surface area contributed by atoms with Crippen LogP contribution in [0.4, 0.5) is 39.5 Å². The van der Waals surface area contributed by atoms with E-state index in [1.807, 2.05) is 4.90 Å². The lowest BCUT2D eigenvalue weighted by atomic mass is 9.80. The number of ether oxygens (including phenoxy) is 3. The second-order valence-electron chi connectivity index (χ2n) is 9.11. The monoisotopic (exact) mass is 555 g/mol. The van der Waals surface area contributed by atoms with Crippen LogP contribution in [-0.2, 0) is 19.0 Å². The minimum absolute atomic E-state index is 0.00855. The fraction of sp³-hybridized carbons (Fsp3) is 0.480. The van der Waals surface area contributed by atoms with Gasteiger partial charge >= 0.3 is 5.97 Å². The van der Waals surface area contributed by atoms with Gasteiger partial charge in [0, 0.05) is 37.4 Å². The van der Waals surface area contributed by atoms with Crippen molar-refractivity contribution < 1.29 is 41.0 Å². The first kappa shape index (κ1) is 27.1. The van der Waals surface area contributed by atoms with Crippen LogP contribution in [0.25, 0.3) is 0 Å². The maximum absolute atomic E-state index is 15.4. The van der Waals surface area contributed by atoms with Crippen LogP contribution in [0.1, 0.15) is 30.9 Å². The van der Waals surface area contributed by atoms with E-state index >= 15 is 8.78 Å². The lowest BCUT2D eigenvalue weighted by molar-refractivity contribution is -0.138. The van der Waals surface area contributed by atoms with E-state index in [2.05, 4.69) is 10.3 Å². The minimum Gasteiger partial charge on any atom is -0.463 e. The molecule has 4 heterocycles. The number of nitrogens with one attached hydrogen (secondary N) is 1. The smallest absolute Gasteiger partial charge is 0.336 e. The molecule has 0 bridgehead atoms. The quantitative estimate of drug-likeness (QED) is 0.259. The van der Waals surface area contributed by atoms with Gasteiger partial charge in [-0.05, 0) is 13.8 Å². The van der Waals surface area contributed by atoms with Crippen molar-refractivity contribution in [3.8, 4) is 0 Å². The average Bonchev–Trinajstić information content (AvgIpc) is 2.95. The molecule has 210 valence electrons. The van der Waals surface area contributed by atoms with Gasteiger partial charge in [-0.3, -0.25) is 0 Å². The highest BCUT2D eigenvalue weighted by Gasteiger charge is 2.43. The maximum atomic E-state index is 15.4. The predicted molar refractivity (Wildman–Crippen MR) is 129 cm³/mol. The zero-order valence-electron chi connectivity index (χ0n) is 21.3. The molecule has 0 radical (unpaired) electrons. The first-order chi connectivity index (χ1) is 18.7. The molecule has 3 aliphatic heterocycles. The summed E-state index contributed by atoms with van der Waals surface area (Å²) >= 11 is 0. The van der Waals surface area contributed by atoms with Gasteiger partial charge in [0.25, 0.3) is 0 Å². The van der Waals surface area contributed by atoms with Gasteiger partial charge in [0.05, 0.1) is 50.1 Å². The standard InChI is InChI=1S/C25H26F5N5O4/c1-3-39-24(36)13-12(2)31-22-16(14(13)15-17(26)19(28)21(30)20(29)18(15)27)23(34-4-8-37-9-5-34)33-25(32-22)35-6-10-38-11-7-35/h14H,3-11H2,1-2H3,(H,31,32,33). The highest BCUT2D eigenvalue weighted by Crippen LogP contribution is 2.48. The van der Waals surface area contributed by atoms with Gasteiger partial charge in [-0.25, -0.2) is 26.7 Å². The molecular weight excluding hydrogens is 529 g/mol. The van der Waals surface area contributed by atoms with Crippen molar-refractivity contribution in [2.24, 2.45) is 0 Å². The molecule has 3 aliphatic rings. The summed E-state index contributed by atoms with van der Waals surface area (Å²) in [5.74, 6) is -12.8. The summed E-state index contributed by atoms with van der Waals surface area (Å²) in [5, 5.41) is 2.99. The van der Waals surface area contributed by atoms with Crippen molar-refractivity contribution in [1.29, 1.82) is 0 Å². The lowest BCUT2D eigenvalue weighted by Gasteiger charge is -2.37. The van der Waals surface area contributed by atoms with Crippen LogP contribution in [0.2, 0.25) is 0 Å². The second-order valence-corrected chi connectivity index (χ2v) is 9.11. The van der Waals surface area contributed by atoms with E-state index in [0.717, 1.165) is 0 Å². The fourth-order valence-electron chi connectivity index (χ4n) is 4.98. The molecule has 2 fully saturated rings. The largest absolute Gasteiger partial charge is 0.463 e. The van der Waals surface area contributed by atoms with E-state index in [0.29, 0.717) is 52.6 Å². The van der Waals surface area contributed by atoms with Crippen molar-refractivity contribution in [2.75, 3.05) is 74.3 Å². The maximum Gasteiger partial charge on any atom is 0.336 e. The van der Waals surface area contributed by atoms with Gasteiger partial charge in [0.2, 0.25) is 11.8 Å². The van der Waals surface area contributed by atoms with Crippen LogP contribution in [0.5, 0.6) is 0 Å². The molecule has 0 amide bonds. The van der Waals surface area contributed by atoms with E-state index < -0.39 is 46.5 Å². The molecule has 1 unspecified atom stereocenters. The zero-order chi connectivity index (χ0) is 27.8. The Hall–Kier alpha value is -3.52. The molecule has 0 aliphatic carbocycles. The molecule has 5 rings (SSSR count). The number of hydrogen-bond acceptors (Lipinski definition) is 9. The van der Waals surface area contributed by atoms with E-state index in [-0.39, 0.29) is 41.0 Å². The zero-order valence-corrected chi connectivity index (χ0v) is 21.3. The van der Waals surface area contributed by atoms with Crippen molar-refractivity contribution >= 4 is 23.6 Å². The number of carbonyl (C=O) groups is 1. The van der Waals surface area contributed by atoms with Crippen LogP contribution >= 0.6 is 0 Å². The van der Waals surface area contributed by atoms with Gasteiger partial charge < -0.3 is 29.3 Å². The number of allylic oxidation sites excluding steroid dienone is 1. The first-order valence-corrected chi connectivity index (χ1v) is 12.5. The number of morpholine rings is 2. The third kappa shape index (κ3) is 4.75. The Kier molecular flexibility index (Phi) is 7.58. The Balaban J connectivity index is 1.81. The Morgan fingerprint density at radius 1 is 0.872 bits per heavy atom. The molecule has 2 aromatic rings. The van der Waals surface area contributed by atoms with Gasteiger partial charge in [-0.15, -0.1) is 0 Å². The second kappa shape index (κ2) is 10.9. The highest BCUT2D eigenvalue weighted by atomic mass is 19.2. The van der Waals surface area contributed by atoms with Crippen LogP contribution < -0.4 is 15.1 Å². The number of halogens is 5. The number of esters is 1. The van der Waals surface area contributed by atoms with Crippen LogP contribution in [0.3, 0.4) is 0 Å². The van der Waals surface area contributed by atoms with E-state index in [1.54, 1.807) is 4.90 Å². The topological polar surface area (TPSA) is 89.0 Å². The summed E-state index contributed by atoms with van der Waals surface area (Å²) < 4.78 is 89.7. The number of carbonyl (C=O) groups excluding carboxylic acids is 1. The number of rotatable bonds is 5. The Morgan fingerprint density at radius 3 is 1.97 bits per heavy atom. The first-order valence-electron chi connectivity index (χ1n) is 12.5. The van der Waals surface area contributed by atoms with Crippen molar-refractivity contribution in [3.63, 3.8) is 0 Å². The van der Waals surface area contributed by atoms with E-state index in [9.17, 15) is 18.0 Å². The third-order valence-electron chi connectivity index (χ3n) is 6.83. The summed E-state index contributed by atoms with van der Waals surface area (Å²) in [6, 6.07) is 0. The number of fused-ring (bicyclic) bond motifs is 1. The van der Waals surface area contributed by atoms with E-state index in [4.69, 9.17) is 19.2 Å². The summed E-state index contributed by atoms with van der Waals surface area (Å²) in [6.07, 6.45) is 0. The number of hydrogen-bond donors (Lipinski definition) is 1. The molecule has 1 aromatic carbocycles. The van der Waals surface area contributed by atoms with Crippen molar-refractivity contribution in [2.45, 2.75) is 19.8 Å². The predicted octanol–water partition coefficient (Wildman–Crippen LogP) is 3.24. The van der Waals surface area contributed by atoms with Gasteiger partial charge in [-0.2, -0.15) is 9.97 Å². The number of aromatic nitrogens is 2. The molecule has 14 heteroatoms. The minimum atomic E-state index is -2.30. The Morgan fingerprint density at radius 2 is 1.41 bits per heavy atom. The summed E-state index contributed by atoms with van der Waals surface area (Å²) in [7, 11) is 0. The van der Waals surface area contributed by atoms with Crippen LogP contribution in [0.15, 0.2) is 11.3 Å². The Labute approximate surface area is 220 Å². The van der Waals surface area contributed by atoms with Gasteiger partial charge in [-0.1, -0.05) is 0 Å². The lowest BCUT2D eigenvalue weighted by Crippen LogP contribution is -2.41. The summed E-state index contributed by atoms with van der Waals surface area (Å²) in [6.45, 7) is 5.98. The van der Waals surface area contributed by atoms with E-state index in [1.165, 1.54) is 13.8 Å². The fourth-order valence-corrected chi connectivity index (χ4v) is 4.98. The molecular formula is C25H26F5N5O4. The molecule has 0 saturated carbocycles. The molecule has 1 N–H and O–H groups in total. The van der Waals surface area contributed by atoms with Gasteiger partial charge in [0.1, 0.15) is 11.6 Å². The normalized spacial score (nSPS) is 19.6. The molecule has 39 heavy (non-hydrogen) atoms.